The number of benzene rings is 2. The largest absolute Gasteiger partial charge is 0.456 e. The molecule has 0 spiro atoms. The Hall–Kier alpha value is -2.31. The van der Waals surface area contributed by atoms with Gasteiger partial charge in [-0.25, -0.2) is 8.42 Å². The van der Waals surface area contributed by atoms with Gasteiger partial charge in [0, 0.05) is 23.1 Å². The van der Waals surface area contributed by atoms with Crippen molar-refractivity contribution in [2.45, 2.75) is 4.90 Å². The first-order valence-corrected chi connectivity index (χ1v) is 9.55. The van der Waals surface area contributed by atoms with Gasteiger partial charge in [-0.05, 0) is 36.3 Å². The number of ether oxygens (including phenoxy) is 1. The molecule has 2 aromatic carbocycles. The zero-order chi connectivity index (χ0) is 24.0. The van der Waals surface area contributed by atoms with Crippen molar-refractivity contribution in [1.29, 1.82) is 5.26 Å². The number of sulfonamides is 1. The molecule has 1 aliphatic rings. The van der Waals surface area contributed by atoms with Crippen LogP contribution in [0.4, 0.5) is 0 Å². The molecule has 2 aromatic rings. The molecule has 1 fully saturated rings. The Balaban J connectivity index is 2.33. The molecule has 0 aromatic heterocycles. The molecule has 1 aliphatic heterocycles. The van der Waals surface area contributed by atoms with Gasteiger partial charge in [-0.3, -0.25) is 4.79 Å². The van der Waals surface area contributed by atoms with Crippen LogP contribution in [0.5, 0.6) is 11.5 Å². The molecule has 27 heavy (non-hydrogen) atoms. The van der Waals surface area contributed by atoms with Crippen molar-refractivity contribution in [3.63, 3.8) is 0 Å². The van der Waals surface area contributed by atoms with E-state index in [9.17, 15) is 18.5 Å². The van der Waals surface area contributed by atoms with Gasteiger partial charge < -0.3 is 10.1 Å². The smallest absolute Gasteiger partial charge is 0.247 e. The number of rotatable bonds is 4. The van der Waals surface area contributed by atoms with Crippen molar-refractivity contribution < 1.29 is 24.8 Å². The fourth-order valence-electron chi connectivity index (χ4n) is 2.22. The van der Waals surface area contributed by atoms with Crippen molar-refractivity contribution in [2.24, 2.45) is 0 Å². The van der Waals surface area contributed by atoms with Crippen LogP contribution in [0.15, 0.2) is 41.2 Å². The first-order chi connectivity index (χ1) is 14.9. The molecular formula is C17H13Cl2N3O4S. The lowest BCUT2D eigenvalue weighted by Gasteiger charge is -2.26. The molecule has 3 rings (SSSR count). The number of hydrogen-bond donors (Lipinski definition) is 1. The van der Waals surface area contributed by atoms with Crippen molar-refractivity contribution in [1.82, 2.24) is 9.62 Å². The van der Waals surface area contributed by atoms with Gasteiger partial charge >= 0.3 is 0 Å². The summed E-state index contributed by atoms with van der Waals surface area (Å²) in [5, 5.41) is 11.3. The first-order valence-electron chi connectivity index (χ1n) is 9.85. The third-order valence-corrected chi connectivity index (χ3v) is 5.58. The molecule has 0 unspecified atom stereocenters. The fraction of sp³-hybridized carbons (Fsp3) is 0.176. The number of hydrogen-bond acceptors (Lipinski definition) is 5. The van der Waals surface area contributed by atoms with Gasteiger partial charge in [-0.1, -0.05) is 23.2 Å². The summed E-state index contributed by atoms with van der Waals surface area (Å²) in [5.74, 6) is -2.06. The Morgan fingerprint density at radius 1 is 1.26 bits per heavy atom. The molecule has 0 bridgehead atoms. The minimum atomic E-state index is -4.68. The number of halogens is 2. The van der Waals surface area contributed by atoms with Crippen LogP contribution >= 0.6 is 23.2 Å². The number of nitriles is 1. The average molecular weight is 431 g/mol. The highest BCUT2D eigenvalue weighted by Crippen LogP contribution is 2.34. The van der Waals surface area contributed by atoms with E-state index >= 15 is 0 Å². The first kappa shape index (κ1) is 13.8. The predicted molar refractivity (Wildman–Crippen MR) is 99.5 cm³/mol. The number of amides is 1. The molecule has 0 saturated carbocycles. The summed E-state index contributed by atoms with van der Waals surface area (Å²) in [6, 6.07) is -1.00. The fourth-order valence-corrected chi connectivity index (χ4v) is 4.10. The summed E-state index contributed by atoms with van der Waals surface area (Å²) >= 11 is 11.8. The van der Waals surface area contributed by atoms with Crippen LogP contribution in [0.25, 0.3) is 0 Å². The molecule has 1 amide bonds. The minimum Gasteiger partial charge on any atom is -0.456 e. The van der Waals surface area contributed by atoms with Crippen LogP contribution in [0.3, 0.4) is 0 Å². The van der Waals surface area contributed by atoms with E-state index in [1.807, 2.05) is 0 Å². The van der Waals surface area contributed by atoms with E-state index in [0.717, 1.165) is 10.4 Å². The Bertz CT molecular complexity index is 1270. The minimum absolute atomic E-state index is 0.00537. The molecule has 1 N–H and O–H groups in total. The van der Waals surface area contributed by atoms with E-state index in [0.29, 0.717) is 0 Å². The van der Waals surface area contributed by atoms with Gasteiger partial charge in [0.1, 0.15) is 16.4 Å². The monoisotopic (exact) mass is 430 g/mol. The van der Waals surface area contributed by atoms with Crippen molar-refractivity contribution in [3.05, 3.63) is 51.9 Å². The maximum Gasteiger partial charge on any atom is 0.247 e. The lowest BCUT2D eigenvalue weighted by atomic mass is 10.2. The van der Waals surface area contributed by atoms with Gasteiger partial charge in [-0.15, -0.1) is 0 Å². The molecule has 7 nitrogen and oxygen atoms in total. The van der Waals surface area contributed by atoms with Gasteiger partial charge in [0.2, 0.25) is 15.9 Å². The summed E-state index contributed by atoms with van der Waals surface area (Å²) in [6.45, 7) is -0.731. The van der Waals surface area contributed by atoms with Crippen LogP contribution in [0.1, 0.15) is 12.4 Å². The number of carbonyl (C=O) groups excluding carboxylic acids is 1. The summed E-state index contributed by atoms with van der Waals surface area (Å²) in [7, 11) is -4.68. The standard InChI is InChI=1S/C17H13Cl2N3O4S/c18-12-6-13(19)8-14(7-12)26-15-2-1-11(9-20)5-16(15)27(24,25)22-4-3-21-17(23)10-22/h1-2,5-8H,3-4,10H2,(H,21,23)/i1D,2D,5D,7D,8D. The maximum absolute atomic E-state index is 13.3. The lowest BCUT2D eigenvalue weighted by Crippen LogP contribution is -2.49. The zero-order valence-corrected chi connectivity index (χ0v) is 15.7. The third-order valence-electron chi connectivity index (χ3n) is 3.38. The number of nitrogens with one attached hydrogen (secondary N) is 1. The van der Waals surface area contributed by atoms with Crippen LogP contribution in [-0.4, -0.2) is 38.3 Å². The van der Waals surface area contributed by atoms with E-state index in [4.69, 9.17) is 34.8 Å². The van der Waals surface area contributed by atoms with Crippen molar-refractivity contribution >= 4 is 39.1 Å². The SMILES string of the molecule is [2H]c1c([2H])c(Oc2c([2H])c(Cl)cc(Cl)c2[2H])c(S(=O)(=O)N2CCNC(=O)C2)c([2H])c1C#N. The molecular weight excluding hydrogens is 413 g/mol. The summed E-state index contributed by atoms with van der Waals surface area (Å²) < 4.78 is 73.4. The van der Waals surface area contributed by atoms with Gasteiger partial charge in [0.05, 0.1) is 25.0 Å². The highest BCUT2D eigenvalue weighted by molar-refractivity contribution is 7.89. The van der Waals surface area contributed by atoms with E-state index in [1.54, 1.807) is 0 Å². The van der Waals surface area contributed by atoms with Gasteiger partial charge in [-0.2, -0.15) is 9.57 Å². The summed E-state index contributed by atoms with van der Waals surface area (Å²) in [5.41, 5.74) is -0.691. The Kier molecular flexibility index (Phi) is 3.96. The van der Waals surface area contributed by atoms with Crippen LogP contribution < -0.4 is 10.1 Å². The maximum atomic E-state index is 13.3. The average Bonchev–Trinajstić information content (AvgIpc) is 2.73. The summed E-state index contributed by atoms with van der Waals surface area (Å²) in [6.07, 6.45) is 0. The second-order valence-electron chi connectivity index (χ2n) is 5.23. The van der Waals surface area contributed by atoms with E-state index in [-0.39, 0.29) is 23.1 Å². The molecule has 0 radical (unpaired) electrons. The highest BCUT2D eigenvalue weighted by Gasteiger charge is 2.32. The van der Waals surface area contributed by atoms with Crippen molar-refractivity contribution in [2.75, 3.05) is 19.6 Å². The van der Waals surface area contributed by atoms with Crippen LogP contribution in [-0.2, 0) is 14.8 Å². The Morgan fingerprint density at radius 3 is 2.59 bits per heavy atom. The van der Waals surface area contributed by atoms with Gasteiger partial charge in [0.15, 0.2) is 0 Å². The van der Waals surface area contributed by atoms with Gasteiger partial charge in [0.25, 0.3) is 0 Å². The van der Waals surface area contributed by atoms with Crippen molar-refractivity contribution in [3.8, 4) is 17.6 Å². The van der Waals surface area contributed by atoms with Crippen LogP contribution in [0, 0.1) is 11.3 Å². The second-order valence-corrected chi connectivity index (χ2v) is 7.92. The number of nitrogens with zero attached hydrogens (tertiary/aromatic N) is 2. The topological polar surface area (TPSA) is 99.5 Å². The molecule has 140 valence electrons. The molecule has 1 heterocycles. The van der Waals surface area contributed by atoms with Crippen LogP contribution in [0.2, 0.25) is 10.0 Å². The number of piperazine rings is 1. The van der Waals surface area contributed by atoms with E-state index < -0.39 is 74.6 Å². The lowest BCUT2D eigenvalue weighted by molar-refractivity contribution is -0.122. The normalized spacial score (nSPS) is 17.7. The highest BCUT2D eigenvalue weighted by atomic mass is 35.5. The quantitative estimate of drug-likeness (QED) is 0.803. The molecule has 1 saturated heterocycles. The second kappa shape index (κ2) is 7.74. The van der Waals surface area contributed by atoms with E-state index in [2.05, 4.69) is 5.32 Å². The molecule has 0 atom stereocenters. The third kappa shape index (κ3) is 4.34. The van der Waals surface area contributed by atoms with E-state index in [1.165, 1.54) is 6.07 Å². The Labute approximate surface area is 173 Å². The number of carbonyl (C=O) groups is 1. The zero-order valence-electron chi connectivity index (χ0n) is 18.4. The predicted octanol–water partition coefficient (Wildman–Crippen LogP) is 2.78. The molecule has 10 heteroatoms. The summed E-state index contributed by atoms with van der Waals surface area (Å²) in [4.78, 5) is 10.8. The Morgan fingerprint density at radius 2 is 1.96 bits per heavy atom. The molecule has 0 aliphatic carbocycles.